The second kappa shape index (κ2) is 9.65. The number of benzene rings is 2. The Balaban J connectivity index is 1.81. The van der Waals surface area contributed by atoms with Gasteiger partial charge in [0, 0.05) is 31.3 Å². The van der Waals surface area contributed by atoms with Crippen LogP contribution in [0.3, 0.4) is 0 Å². The van der Waals surface area contributed by atoms with Crippen LogP contribution in [0.2, 0.25) is 0 Å². The maximum Gasteiger partial charge on any atom is 0.409 e. The molecule has 0 unspecified atom stereocenters. The summed E-state index contributed by atoms with van der Waals surface area (Å²) in [5, 5.41) is 27.1. The van der Waals surface area contributed by atoms with E-state index in [9.17, 15) is 19.6 Å². The van der Waals surface area contributed by atoms with Gasteiger partial charge in [0.05, 0.1) is 34.7 Å². The Morgan fingerprint density at radius 2 is 1.85 bits per heavy atom. The molecule has 0 spiro atoms. The zero-order chi connectivity index (χ0) is 24.1. The first-order chi connectivity index (χ1) is 15.7. The maximum absolute atomic E-state index is 12.7. The van der Waals surface area contributed by atoms with E-state index in [1.165, 1.54) is 12.1 Å². The van der Waals surface area contributed by atoms with Crippen LogP contribution in [0.15, 0.2) is 47.0 Å². The van der Waals surface area contributed by atoms with Crippen LogP contribution < -0.4 is 15.5 Å². The van der Waals surface area contributed by atoms with Gasteiger partial charge in [-0.05, 0) is 25.1 Å². The number of aryl methyl sites for hydroxylation is 1. The number of carbonyl (C=O) groups is 3. The number of hydrogen-bond donors (Lipinski definition) is 3. The van der Waals surface area contributed by atoms with E-state index < -0.39 is 24.2 Å². The van der Waals surface area contributed by atoms with Crippen LogP contribution in [0.5, 0.6) is 0 Å². The molecule has 3 rings (SSSR count). The maximum atomic E-state index is 12.7. The fraction of sp³-hybridized carbons (Fsp3) is 0.174. The van der Waals surface area contributed by atoms with E-state index in [-0.39, 0.29) is 16.9 Å². The van der Waals surface area contributed by atoms with Crippen molar-refractivity contribution < 1.29 is 24.0 Å². The monoisotopic (exact) mass is 447 g/mol. The molecule has 10 heteroatoms. The third-order valence-corrected chi connectivity index (χ3v) is 4.67. The molecular formula is C23H21N5O5. The van der Waals surface area contributed by atoms with Gasteiger partial charge in [-0.15, -0.1) is 0 Å². The normalized spacial score (nSPS) is 10.2. The van der Waals surface area contributed by atoms with E-state index in [1.807, 2.05) is 6.07 Å². The summed E-state index contributed by atoms with van der Waals surface area (Å²) in [4.78, 5) is 38.1. The number of anilines is 3. The van der Waals surface area contributed by atoms with Crippen molar-refractivity contribution in [2.45, 2.75) is 13.3 Å². The fourth-order valence-electron chi connectivity index (χ4n) is 3.16. The van der Waals surface area contributed by atoms with Gasteiger partial charge >= 0.3 is 6.09 Å². The number of nitrogens with one attached hydrogen (secondary N) is 2. The lowest BCUT2D eigenvalue weighted by Gasteiger charge is -2.18. The van der Waals surface area contributed by atoms with E-state index >= 15 is 0 Å². The molecule has 33 heavy (non-hydrogen) atoms. The van der Waals surface area contributed by atoms with Gasteiger partial charge in [0.1, 0.15) is 6.07 Å². The second-order valence-electron chi connectivity index (χ2n) is 7.41. The largest absolute Gasteiger partial charge is 0.465 e. The molecule has 2 amide bonds. The van der Waals surface area contributed by atoms with E-state index in [2.05, 4.69) is 15.8 Å². The predicted octanol–water partition coefficient (Wildman–Crippen LogP) is 3.89. The van der Waals surface area contributed by atoms with E-state index in [1.54, 1.807) is 56.3 Å². The van der Waals surface area contributed by atoms with Crippen molar-refractivity contribution in [2.75, 3.05) is 29.6 Å². The van der Waals surface area contributed by atoms with Gasteiger partial charge in [0.25, 0.3) is 0 Å². The molecule has 1 aromatic heterocycles. The fourth-order valence-corrected chi connectivity index (χ4v) is 3.16. The third kappa shape index (κ3) is 5.54. The molecule has 0 fully saturated rings. The summed E-state index contributed by atoms with van der Waals surface area (Å²) in [6.45, 7) is 1.78. The number of amides is 2. The SMILES string of the molecule is Cc1cc(-c2cccc(C(=O)CC(=O)Nc3cc(C#N)c(N(C)C)cc3NC(=O)O)c2)on1. The van der Waals surface area contributed by atoms with Crippen molar-refractivity contribution in [2.24, 2.45) is 0 Å². The number of carboxylic acid groups (broad SMARTS) is 1. The Kier molecular flexibility index (Phi) is 6.74. The second-order valence-corrected chi connectivity index (χ2v) is 7.41. The molecule has 0 saturated carbocycles. The lowest BCUT2D eigenvalue weighted by molar-refractivity contribution is -0.115. The van der Waals surface area contributed by atoms with E-state index in [0.717, 1.165) is 0 Å². The Labute approximate surface area is 189 Å². The number of Topliss-reactive ketones (excluding diaryl/α,β-unsaturated/α-hetero) is 1. The highest BCUT2D eigenvalue weighted by atomic mass is 16.5. The number of ketones is 1. The van der Waals surface area contributed by atoms with E-state index in [4.69, 9.17) is 9.63 Å². The van der Waals surface area contributed by atoms with Gasteiger partial charge < -0.3 is 19.8 Å². The first-order valence-electron chi connectivity index (χ1n) is 9.80. The molecule has 3 aromatic rings. The van der Waals surface area contributed by atoms with Gasteiger partial charge in [0.15, 0.2) is 11.5 Å². The van der Waals surface area contributed by atoms with Gasteiger partial charge in [-0.25, -0.2) is 4.79 Å². The van der Waals surface area contributed by atoms with Crippen molar-refractivity contribution in [3.63, 3.8) is 0 Å². The Hall–Kier alpha value is -4.65. The van der Waals surface area contributed by atoms with Crippen LogP contribution >= 0.6 is 0 Å². The number of aromatic nitrogens is 1. The summed E-state index contributed by atoms with van der Waals surface area (Å²) in [7, 11) is 3.40. The van der Waals surface area contributed by atoms with Crippen LogP contribution in [0.25, 0.3) is 11.3 Å². The van der Waals surface area contributed by atoms with Crippen molar-refractivity contribution in [3.8, 4) is 17.4 Å². The Bertz CT molecular complexity index is 1270. The molecule has 10 nitrogen and oxygen atoms in total. The number of rotatable bonds is 7. The van der Waals surface area contributed by atoms with Crippen LogP contribution in [-0.4, -0.2) is 42.1 Å². The molecule has 168 valence electrons. The number of nitriles is 1. The highest BCUT2D eigenvalue weighted by Crippen LogP contribution is 2.31. The Morgan fingerprint density at radius 3 is 2.45 bits per heavy atom. The van der Waals surface area contributed by atoms with Crippen LogP contribution in [0.1, 0.15) is 28.0 Å². The van der Waals surface area contributed by atoms with Crippen LogP contribution in [0.4, 0.5) is 21.9 Å². The number of nitrogens with zero attached hydrogens (tertiary/aromatic N) is 3. The first-order valence-corrected chi connectivity index (χ1v) is 9.80. The molecule has 0 aliphatic rings. The summed E-state index contributed by atoms with van der Waals surface area (Å²) in [5.41, 5.74) is 2.50. The Morgan fingerprint density at radius 1 is 1.12 bits per heavy atom. The molecule has 2 aromatic carbocycles. The smallest absolute Gasteiger partial charge is 0.409 e. The van der Waals surface area contributed by atoms with Gasteiger partial charge in [-0.3, -0.25) is 14.9 Å². The molecule has 0 bridgehead atoms. The molecule has 0 atom stereocenters. The minimum Gasteiger partial charge on any atom is -0.465 e. The van der Waals surface area contributed by atoms with Crippen LogP contribution in [0, 0.1) is 18.3 Å². The molecular weight excluding hydrogens is 426 g/mol. The topological polar surface area (TPSA) is 149 Å². The lowest BCUT2D eigenvalue weighted by Crippen LogP contribution is -2.19. The van der Waals surface area contributed by atoms with Gasteiger partial charge in [-0.2, -0.15) is 5.26 Å². The molecule has 0 aliphatic carbocycles. The minimum atomic E-state index is -1.34. The number of carbonyl (C=O) groups excluding carboxylic acids is 2. The summed E-state index contributed by atoms with van der Waals surface area (Å²) >= 11 is 0. The molecule has 0 saturated heterocycles. The average Bonchev–Trinajstić information content (AvgIpc) is 3.20. The highest BCUT2D eigenvalue weighted by molar-refractivity contribution is 6.12. The van der Waals surface area contributed by atoms with E-state index in [0.29, 0.717) is 28.3 Å². The summed E-state index contributed by atoms with van der Waals surface area (Å²) in [6.07, 6.45) is -1.82. The van der Waals surface area contributed by atoms with Gasteiger partial charge in [-0.1, -0.05) is 23.4 Å². The third-order valence-electron chi connectivity index (χ3n) is 4.67. The van der Waals surface area contributed by atoms with Crippen molar-refractivity contribution >= 4 is 34.8 Å². The molecule has 0 radical (unpaired) electrons. The molecule has 3 N–H and O–H groups in total. The van der Waals surface area contributed by atoms with Crippen molar-refractivity contribution in [3.05, 3.63) is 59.3 Å². The quantitative estimate of drug-likeness (QED) is 0.365. The number of hydrogen-bond acceptors (Lipinski definition) is 7. The first kappa shape index (κ1) is 23.0. The van der Waals surface area contributed by atoms with Crippen LogP contribution in [-0.2, 0) is 4.79 Å². The van der Waals surface area contributed by atoms with Crippen molar-refractivity contribution in [1.82, 2.24) is 5.16 Å². The average molecular weight is 447 g/mol. The minimum absolute atomic E-state index is 0.0724. The standard InChI is InChI=1S/C23H21N5O5/c1-13-7-21(33-27-13)15-6-4-5-14(8-15)20(29)11-22(30)25-17-9-16(12-24)19(28(2)3)10-18(17)26-23(31)32/h4-10,26H,11H2,1-3H3,(H,25,30)(H,31,32). The lowest BCUT2D eigenvalue weighted by atomic mass is 10.0. The zero-order valence-corrected chi connectivity index (χ0v) is 18.2. The summed E-state index contributed by atoms with van der Waals surface area (Å²) in [6, 6.07) is 13.2. The van der Waals surface area contributed by atoms with Crippen molar-refractivity contribution in [1.29, 1.82) is 5.26 Å². The predicted molar refractivity (Wildman–Crippen MR) is 121 cm³/mol. The van der Waals surface area contributed by atoms with Gasteiger partial charge in [0.2, 0.25) is 5.91 Å². The summed E-state index contributed by atoms with van der Waals surface area (Å²) < 4.78 is 5.21. The molecule has 1 heterocycles. The molecule has 0 aliphatic heterocycles. The summed E-state index contributed by atoms with van der Waals surface area (Å²) in [5.74, 6) is -0.597. The zero-order valence-electron chi connectivity index (χ0n) is 18.2. The highest BCUT2D eigenvalue weighted by Gasteiger charge is 2.18.